The van der Waals surface area contributed by atoms with Crippen LogP contribution in [-0.2, 0) is 14.9 Å². The number of allylic oxidation sites excluding steroid dienone is 1. The van der Waals surface area contributed by atoms with E-state index in [2.05, 4.69) is 43.6 Å². The monoisotopic (exact) mass is 691 g/mol. The Bertz CT molecular complexity index is 1850. The molecule has 2 unspecified atom stereocenters. The van der Waals surface area contributed by atoms with E-state index in [1.54, 1.807) is 36.4 Å². The zero-order valence-corrected chi connectivity index (χ0v) is 28.9. The molecule has 47 heavy (non-hydrogen) atoms. The lowest BCUT2D eigenvalue weighted by molar-refractivity contribution is -0.118. The minimum Gasteiger partial charge on any atom is -0.748 e. The molecule has 7 nitrogen and oxygen atoms in total. The zero-order valence-electron chi connectivity index (χ0n) is 26.6. The van der Waals surface area contributed by atoms with E-state index in [9.17, 15) is 22.6 Å². The fraction of sp³-hybridized carbons (Fsp3) is 0.243. The minimum absolute atomic E-state index is 0.0286. The molecule has 0 fully saturated rings. The summed E-state index contributed by atoms with van der Waals surface area (Å²) in [5, 5.41) is 6.59. The molecule has 0 aliphatic heterocycles. The number of carbonyl (C=O) groups is 2. The number of carbonyl (C=O) groups excluding carboxylic acids is 2. The van der Waals surface area contributed by atoms with Crippen molar-refractivity contribution in [3.8, 4) is 11.1 Å². The first-order valence-electron chi connectivity index (χ1n) is 15.1. The lowest BCUT2D eigenvalue weighted by Crippen LogP contribution is -2.29. The second-order valence-corrected chi connectivity index (χ2v) is 14.8. The predicted octanol–water partition coefficient (Wildman–Crippen LogP) is 8.52. The van der Waals surface area contributed by atoms with Gasteiger partial charge in [0.15, 0.2) is 0 Å². The number of benzene rings is 4. The predicted molar refractivity (Wildman–Crippen MR) is 190 cm³/mol. The van der Waals surface area contributed by atoms with E-state index < -0.39 is 27.7 Å². The molecule has 0 bridgehead atoms. The molecule has 4 aromatic carbocycles. The number of rotatable bonds is 11. The molecule has 0 radical (unpaired) electrons. The van der Waals surface area contributed by atoms with Gasteiger partial charge in [0.05, 0.1) is 21.8 Å². The van der Waals surface area contributed by atoms with Crippen LogP contribution in [-0.4, -0.2) is 37.1 Å². The van der Waals surface area contributed by atoms with Crippen LogP contribution >= 0.6 is 23.2 Å². The summed E-state index contributed by atoms with van der Waals surface area (Å²) in [5.41, 5.74) is 5.34. The lowest BCUT2D eigenvalue weighted by Gasteiger charge is -2.25. The third-order valence-electron chi connectivity index (χ3n) is 7.58. The van der Waals surface area contributed by atoms with Crippen LogP contribution < -0.4 is 10.6 Å². The Morgan fingerprint density at radius 3 is 2.06 bits per heavy atom. The van der Waals surface area contributed by atoms with Gasteiger partial charge < -0.3 is 15.2 Å². The molecule has 0 aliphatic carbocycles. The van der Waals surface area contributed by atoms with E-state index in [1.807, 2.05) is 61.5 Å². The average molecular weight is 693 g/mol. The first kappa shape index (κ1) is 35.9. The molecule has 0 spiro atoms. The second kappa shape index (κ2) is 15.3. The Balaban J connectivity index is 1.58. The third kappa shape index (κ3) is 10.5. The van der Waals surface area contributed by atoms with Gasteiger partial charge in [0.2, 0.25) is 5.91 Å². The molecule has 4 aromatic rings. The van der Waals surface area contributed by atoms with Gasteiger partial charge in [0.25, 0.3) is 5.91 Å². The number of halogens is 2. The van der Waals surface area contributed by atoms with Crippen LogP contribution in [0, 0.1) is 5.41 Å². The summed E-state index contributed by atoms with van der Waals surface area (Å²) >= 11 is 12.4. The molecule has 4 rings (SSSR count). The molecule has 0 saturated heterocycles. The summed E-state index contributed by atoms with van der Waals surface area (Å²) in [6, 6.07) is 27.4. The van der Waals surface area contributed by atoms with E-state index in [-0.39, 0.29) is 23.8 Å². The first-order valence-corrected chi connectivity index (χ1v) is 17.4. The van der Waals surface area contributed by atoms with Crippen molar-refractivity contribution in [1.29, 1.82) is 0 Å². The van der Waals surface area contributed by atoms with Gasteiger partial charge in [-0.15, -0.1) is 0 Å². The van der Waals surface area contributed by atoms with Crippen LogP contribution in [0.5, 0.6) is 0 Å². The third-order valence-corrected chi connectivity index (χ3v) is 8.84. The summed E-state index contributed by atoms with van der Waals surface area (Å²) in [6.45, 7) is 8.06. The summed E-state index contributed by atoms with van der Waals surface area (Å²) in [5.74, 6) is -2.26. The van der Waals surface area contributed by atoms with Gasteiger partial charge >= 0.3 is 0 Å². The fourth-order valence-electron chi connectivity index (χ4n) is 5.03. The van der Waals surface area contributed by atoms with Crippen LogP contribution in [0.15, 0.2) is 97.1 Å². The van der Waals surface area contributed by atoms with Crippen LogP contribution in [0.2, 0.25) is 10.0 Å². The SMILES string of the molecule is CC(c1ccc(C(=O)NCCS(=O)(=O)[O-])cc1)C(C(=O)Nc1ccc(-c2ccc(Cl)cc2Cl)cc1)c1ccc(/C=C/C(C)(C)C)cc1. The van der Waals surface area contributed by atoms with Crippen molar-refractivity contribution in [1.82, 2.24) is 5.32 Å². The van der Waals surface area contributed by atoms with Gasteiger partial charge in [-0.05, 0) is 70.0 Å². The van der Waals surface area contributed by atoms with Crippen molar-refractivity contribution in [2.24, 2.45) is 5.41 Å². The first-order chi connectivity index (χ1) is 22.1. The molecule has 246 valence electrons. The van der Waals surface area contributed by atoms with Crippen molar-refractivity contribution in [3.05, 3.63) is 129 Å². The van der Waals surface area contributed by atoms with Crippen molar-refractivity contribution in [2.75, 3.05) is 17.6 Å². The number of amides is 2. The van der Waals surface area contributed by atoms with Gasteiger partial charge in [-0.3, -0.25) is 9.59 Å². The Morgan fingerprint density at radius 1 is 0.872 bits per heavy atom. The Hall–Kier alpha value is -3.95. The zero-order chi connectivity index (χ0) is 34.4. The molecule has 0 heterocycles. The van der Waals surface area contributed by atoms with Gasteiger partial charge in [-0.1, -0.05) is 118 Å². The fourth-order valence-corrected chi connectivity index (χ4v) is 5.90. The molecule has 0 aliphatic rings. The van der Waals surface area contributed by atoms with E-state index in [4.69, 9.17) is 23.2 Å². The van der Waals surface area contributed by atoms with Crippen molar-refractivity contribution in [3.63, 3.8) is 0 Å². The summed E-state index contributed by atoms with van der Waals surface area (Å²) in [4.78, 5) is 26.5. The highest BCUT2D eigenvalue weighted by molar-refractivity contribution is 7.85. The molecule has 0 saturated carbocycles. The maximum absolute atomic E-state index is 14.0. The van der Waals surface area contributed by atoms with E-state index in [0.29, 0.717) is 21.3 Å². The van der Waals surface area contributed by atoms with Crippen molar-refractivity contribution in [2.45, 2.75) is 39.5 Å². The quantitative estimate of drug-likeness (QED) is 0.153. The molecule has 2 atom stereocenters. The Morgan fingerprint density at radius 2 is 1.49 bits per heavy atom. The second-order valence-electron chi connectivity index (χ2n) is 12.5. The highest BCUT2D eigenvalue weighted by Crippen LogP contribution is 2.35. The van der Waals surface area contributed by atoms with E-state index in [1.165, 1.54) is 0 Å². The number of hydrogen-bond acceptors (Lipinski definition) is 5. The van der Waals surface area contributed by atoms with Gasteiger partial charge in [0, 0.05) is 33.4 Å². The summed E-state index contributed by atoms with van der Waals surface area (Å²) < 4.78 is 32.6. The summed E-state index contributed by atoms with van der Waals surface area (Å²) in [7, 11) is -4.43. The smallest absolute Gasteiger partial charge is 0.251 e. The maximum Gasteiger partial charge on any atom is 0.251 e. The molecule has 10 heteroatoms. The molecule has 2 amide bonds. The molecule has 0 aromatic heterocycles. The van der Waals surface area contributed by atoms with E-state index in [0.717, 1.165) is 27.8 Å². The topological polar surface area (TPSA) is 115 Å². The van der Waals surface area contributed by atoms with Crippen LogP contribution in [0.25, 0.3) is 17.2 Å². The van der Waals surface area contributed by atoms with Crippen LogP contribution in [0.3, 0.4) is 0 Å². The minimum atomic E-state index is -4.43. The normalized spacial score (nSPS) is 13.3. The largest absolute Gasteiger partial charge is 0.748 e. The highest BCUT2D eigenvalue weighted by atomic mass is 35.5. The standard InChI is InChI=1S/C37H38Cl2N2O5S/c1-24(26-9-11-29(12-10-26)35(42)40-21-22-47(44,45)46)34(28-7-5-25(6-8-28)19-20-37(2,3)4)36(43)41-31-16-13-27(14-17-31)32-18-15-30(38)23-33(32)39/h5-20,23-24,34H,21-22H2,1-4H3,(H,40,42)(H,41,43)(H,44,45,46)/p-1/b20-19+. The number of hydrogen-bond donors (Lipinski definition) is 2. The molecular weight excluding hydrogens is 655 g/mol. The number of anilines is 1. The van der Waals surface area contributed by atoms with Gasteiger partial charge in [-0.25, -0.2) is 8.42 Å². The van der Waals surface area contributed by atoms with Crippen molar-refractivity contribution >= 4 is 56.9 Å². The Kier molecular flexibility index (Phi) is 11.7. The van der Waals surface area contributed by atoms with Gasteiger partial charge in [-0.2, -0.15) is 0 Å². The lowest BCUT2D eigenvalue weighted by atomic mass is 9.81. The maximum atomic E-state index is 14.0. The van der Waals surface area contributed by atoms with Gasteiger partial charge in [0.1, 0.15) is 0 Å². The van der Waals surface area contributed by atoms with Crippen LogP contribution in [0.4, 0.5) is 5.69 Å². The molecular formula is C37H37Cl2N2O5S-. The Labute approximate surface area is 286 Å². The number of nitrogens with one attached hydrogen (secondary N) is 2. The summed E-state index contributed by atoms with van der Waals surface area (Å²) in [6.07, 6.45) is 4.19. The van der Waals surface area contributed by atoms with E-state index >= 15 is 0 Å². The average Bonchev–Trinajstić information content (AvgIpc) is 3.00. The van der Waals surface area contributed by atoms with Crippen LogP contribution in [0.1, 0.15) is 66.6 Å². The van der Waals surface area contributed by atoms with Crippen molar-refractivity contribution < 1.29 is 22.6 Å². The highest BCUT2D eigenvalue weighted by Gasteiger charge is 2.28. The molecule has 2 N–H and O–H groups in total.